The first-order valence-corrected chi connectivity index (χ1v) is 5.00. The monoisotopic (exact) mass is 241 g/mol. The predicted molar refractivity (Wildman–Crippen MR) is 56.5 cm³/mol. The van der Waals surface area contributed by atoms with Crippen molar-refractivity contribution in [2.24, 2.45) is 0 Å². The number of hydrogen-bond donors (Lipinski definition) is 1. The number of benzene rings is 1. The van der Waals surface area contributed by atoms with Crippen LogP contribution < -0.4 is 0 Å². The fourth-order valence-corrected chi connectivity index (χ4v) is 1.43. The molecular formula is C10H9ClFN3O. The Kier molecular flexibility index (Phi) is 3.17. The van der Waals surface area contributed by atoms with Crippen LogP contribution in [0.3, 0.4) is 0 Å². The second-order valence-electron chi connectivity index (χ2n) is 3.31. The Morgan fingerprint density at radius 3 is 2.88 bits per heavy atom. The number of aliphatic hydroxyl groups excluding tert-OH is 1. The topological polar surface area (TPSA) is 50.9 Å². The van der Waals surface area contributed by atoms with Crippen molar-refractivity contribution >= 4 is 11.6 Å². The molecule has 6 heteroatoms. The lowest BCUT2D eigenvalue weighted by Crippen LogP contribution is -2.00. The lowest BCUT2D eigenvalue weighted by Gasteiger charge is -2.01. The van der Waals surface area contributed by atoms with Gasteiger partial charge in [0.05, 0.1) is 24.4 Å². The minimum absolute atomic E-state index is 0.0957. The Balaban J connectivity index is 2.17. The van der Waals surface area contributed by atoms with Crippen molar-refractivity contribution in [3.05, 3.63) is 46.5 Å². The molecule has 84 valence electrons. The van der Waals surface area contributed by atoms with Gasteiger partial charge in [-0.25, -0.2) is 9.07 Å². The first kappa shape index (κ1) is 11.0. The quantitative estimate of drug-likeness (QED) is 0.888. The van der Waals surface area contributed by atoms with Gasteiger partial charge in [0.1, 0.15) is 11.5 Å². The van der Waals surface area contributed by atoms with Crippen molar-refractivity contribution in [3.8, 4) is 0 Å². The average molecular weight is 242 g/mol. The summed E-state index contributed by atoms with van der Waals surface area (Å²) in [6, 6.07) is 4.56. The summed E-state index contributed by atoms with van der Waals surface area (Å²) in [5.41, 5.74) is 1.21. The summed E-state index contributed by atoms with van der Waals surface area (Å²) >= 11 is 5.57. The van der Waals surface area contributed by atoms with Gasteiger partial charge in [0.15, 0.2) is 0 Å². The van der Waals surface area contributed by atoms with Gasteiger partial charge in [-0.1, -0.05) is 22.9 Å². The molecule has 0 amide bonds. The molecule has 4 nitrogen and oxygen atoms in total. The Hall–Kier alpha value is -1.46. The zero-order valence-corrected chi connectivity index (χ0v) is 9.02. The van der Waals surface area contributed by atoms with Gasteiger partial charge in [-0.15, -0.1) is 5.10 Å². The first-order chi connectivity index (χ1) is 7.69. The van der Waals surface area contributed by atoms with Crippen molar-refractivity contribution in [3.63, 3.8) is 0 Å². The summed E-state index contributed by atoms with van der Waals surface area (Å²) in [7, 11) is 0. The van der Waals surface area contributed by atoms with Gasteiger partial charge in [0.25, 0.3) is 0 Å². The van der Waals surface area contributed by atoms with Gasteiger partial charge in [0, 0.05) is 0 Å². The largest absolute Gasteiger partial charge is 0.390 e. The van der Waals surface area contributed by atoms with Gasteiger partial charge in [-0.05, 0) is 17.7 Å². The number of hydrogen-bond acceptors (Lipinski definition) is 3. The van der Waals surface area contributed by atoms with Crippen LogP contribution in [-0.4, -0.2) is 20.1 Å². The van der Waals surface area contributed by atoms with Crippen LogP contribution in [0.25, 0.3) is 0 Å². The Morgan fingerprint density at radius 1 is 1.44 bits per heavy atom. The fraction of sp³-hybridized carbons (Fsp3) is 0.200. The first-order valence-electron chi connectivity index (χ1n) is 4.63. The molecule has 0 unspecified atom stereocenters. The maximum absolute atomic E-state index is 13.1. The van der Waals surface area contributed by atoms with E-state index < -0.39 is 5.82 Å². The van der Waals surface area contributed by atoms with Gasteiger partial charge < -0.3 is 5.11 Å². The predicted octanol–water partition coefficient (Wildman–Crippen LogP) is 1.61. The summed E-state index contributed by atoms with van der Waals surface area (Å²) in [5, 5.41) is 16.4. The molecule has 0 saturated carbocycles. The Bertz CT molecular complexity index is 501. The third-order valence-corrected chi connectivity index (χ3v) is 2.38. The molecule has 0 radical (unpaired) electrons. The molecule has 1 N–H and O–H groups in total. The number of halogens is 2. The smallest absolute Gasteiger partial charge is 0.142 e. The molecule has 0 fully saturated rings. The van der Waals surface area contributed by atoms with Gasteiger partial charge >= 0.3 is 0 Å². The molecule has 0 atom stereocenters. The minimum atomic E-state index is -0.457. The Labute approximate surface area is 96.3 Å². The molecule has 0 spiro atoms. The number of aliphatic hydroxyl groups is 1. The highest BCUT2D eigenvalue weighted by Gasteiger charge is 2.03. The molecule has 1 heterocycles. The normalized spacial score (nSPS) is 10.7. The van der Waals surface area contributed by atoms with Crippen LogP contribution in [0.15, 0.2) is 24.4 Å². The van der Waals surface area contributed by atoms with Crippen LogP contribution in [-0.2, 0) is 13.2 Å². The molecule has 0 bridgehead atoms. The van der Waals surface area contributed by atoms with Crippen LogP contribution in [0.1, 0.15) is 11.3 Å². The summed E-state index contributed by atoms with van der Waals surface area (Å²) in [6.45, 7) is 0.232. The minimum Gasteiger partial charge on any atom is -0.390 e. The van der Waals surface area contributed by atoms with Gasteiger partial charge in [0.2, 0.25) is 0 Å². The van der Waals surface area contributed by atoms with E-state index in [2.05, 4.69) is 10.3 Å². The zero-order chi connectivity index (χ0) is 11.5. The van der Waals surface area contributed by atoms with E-state index in [1.54, 1.807) is 12.3 Å². The van der Waals surface area contributed by atoms with Crippen molar-refractivity contribution < 1.29 is 9.50 Å². The van der Waals surface area contributed by atoms with E-state index in [4.69, 9.17) is 16.7 Å². The molecular weight excluding hydrogens is 233 g/mol. The SMILES string of the molecule is OCc1cn(Cc2ccc(Cl)c(F)c2)nn1. The fourth-order valence-electron chi connectivity index (χ4n) is 1.31. The van der Waals surface area contributed by atoms with E-state index in [0.717, 1.165) is 5.56 Å². The number of aromatic nitrogens is 3. The summed E-state index contributed by atoms with van der Waals surface area (Å²) in [6.07, 6.45) is 1.60. The molecule has 1 aromatic heterocycles. The average Bonchev–Trinajstić information content (AvgIpc) is 2.71. The lowest BCUT2D eigenvalue weighted by molar-refractivity contribution is 0.276. The molecule has 0 aliphatic carbocycles. The number of nitrogens with zero attached hydrogens (tertiary/aromatic N) is 3. The molecule has 0 aliphatic heterocycles. The van der Waals surface area contributed by atoms with E-state index in [9.17, 15) is 4.39 Å². The molecule has 1 aromatic carbocycles. The van der Waals surface area contributed by atoms with Gasteiger partial charge in [-0.3, -0.25) is 0 Å². The third kappa shape index (κ3) is 2.37. The van der Waals surface area contributed by atoms with Crippen LogP contribution in [0.2, 0.25) is 5.02 Å². The zero-order valence-electron chi connectivity index (χ0n) is 8.27. The highest BCUT2D eigenvalue weighted by molar-refractivity contribution is 6.30. The van der Waals surface area contributed by atoms with E-state index in [1.807, 2.05) is 0 Å². The van der Waals surface area contributed by atoms with Crippen LogP contribution in [0.5, 0.6) is 0 Å². The van der Waals surface area contributed by atoms with Crippen molar-refractivity contribution in [1.29, 1.82) is 0 Å². The van der Waals surface area contributed by atoms with Crippen LogP contribution >= 0.6 is 11.6 Å². The highest BCUT2D eigenvalue weighted by Crippen LogP contribution is 2.16. The van der Waals surface area contributed by atoms with Crippen molar-refractivity contribution in [2.45, 2.75) is 13.2 Å². The molecule has 16 heavy (non-hydrogen) atoms. The van der Waals surface area contributed by atoms with Crippen molar-refractivity contribution in [1.82, 2.24) is 15.0 Å². The third-order valence-electron chi connectivity index (χ3n) is 2.08. The maximum atomic E-state index is 13.1. The van der Waals surface area contributed by atoms with Crippen LogP contribution in [0, 0.1) is 5.82 Å². The van der Waals surface area contributed by atoms with Gasteiger partial charge in [-0.2, -0.15) is 0 Å². The van der Waals surface area contributed by atoms with E-state index in [0.29, 0.717) is 12.2 Å². The van der Waals surface area contributed by atoms with E-state index >= 15 is 0 Å². The molecule has 2 rings (SSSR count). The molecule has 0 aliphatic rings. The second kappa shape index (κ2) is 4.59. The summed E-state index contributed by atoms with van der Waals surface area (Å²) < 4.78 is 14.7. The van der Waals surface area contributed by atoms with Crippen molar-refractivity contribution in [2.75, 3.05) is 0 Å². The number of rotatable bonds is 3. The molecule has 0 saturated heterocycles. The Morgan fingerprint density at radius 2 is 2.25 bits per heavy atom. The standard InChI is InChI=1S/C10H9ClFN3O/c11-9-2-1-7(3-10(9)12)4-15-5-8(6-16)13-14-15/h1-3,5,16H,4,6H2. The summed E-state index contributed by atoms with van der Waals surface area (Å²) in [5.74, 6) is -0.457. The summed E-state index contributed by atoms with van der Waals surface area (Å²) in [4.78, 5) is 0. The molecule has 2 aromatic rings. The van der Waals surface area contributed by atoms with Crippen LogP contribution in [0.4, 0.5) is 4.39 Å². The van der Waals surface area contributed by atoms with E-state index in [1.165, 1.54) is 16.8 Å². The second-order valence-corrected chi connectivity index (χ2v) is 3.72. The lowest BCUT2D eigenvalue weighted by atomic mass is 10.2. The van der Waals surface area contributed by atoms with E-state index in [-0.39, 0.29) is 11.6 Å². The highest BCUT2D eigenvalue weighted by atomic mass is 35.5. The maximum Gasteiger partial charge on any atom is 0.142 e.